The molecule has 0 aromatic heterocycles. The van der Waals surface area contributed by atoms with Crippen LogP contribution in [0.4, 0.5) is 5.69 Å². The first-order valence-corrected chi connectivity index (χ1v) is 9.02. The van der Waals surface area contributed by atoms with Crippen molar-refractivity contribution < 1.29 is 18.1 Å². The number of halogens is 1. The second kappa shape index (κ2) is 8.00. The molecule has 1 heterocycles. The first kappa shape index (κ1) is 20.1. The summed E-state index contributed by atoms with van der Waals surface area (Å²) in [5.74, 6) is 0.00933. The third-order valence-electron chi connectivity index (χ3n) is 4.03. The number of hydrogen-bond acceptors (Lipinski definition) is 6. The average molecular weight is 400 g/mol. The Kier molecular flexibility index (Phi) is 6.19. The van der Waals surface area contributed by atoms with Crippen molar-refractivity contribution in [1.29, 1.82) is 0 Å². The molecule has 0 unspecified atom stereocenters. The lowest BCUT2D eigenvalue weighted by Crippen LogP contribution is -2.23. The molecule has 8 nitrogen and oxygen atoms in total. The first-order valence-electron chi connectivity index (χ1n) is 7.54. The molecule has 0 saturated carbocycles. The SMILES string of the molecule is COc1ccc(S(=O)(=O)NCc2ccc3c(c2)CNC3)cc1[N+](=O)[O-].Cl. The average Bonchev–Trinajstić information content (AvgIpc) is 3.07. The Bertz CT molecular complexity index is 933. The summed E-state index contributed by atoms with van der Waals surface area (Å²) in [7, 11) is -2.59. The number of methoxy groups -OCH3 is 1. The minimum absolute atomic E-state index is 0. The summed E-state index contributed by atoms with van der Waals surface area (Å²) in [6.45, 7) is 1.69. The van der Waals surface area contributed by atoms with Gasteiger partial charge in [-0.3, -0.25) is 10.1 Å². The van der Waals surface area contributed by atoms with Crippen LogP contribution in [0.3, 0.4) is 0 Å². The molecule has 3 rings (SSSR count). The molecule has 0 amide bonds. The van der Waals surface area contributed by atoms with Gasteiger partial charge in [0.1, 0.15) is 0 Å². The van der Waals surface area contributed by atoms with E-state index in [9.17, 15) is 18.5 Å². The fraction of sp³-hybridized carbons (Fsp3) is 0.250. The fourth-order valence-electron chi connectivity index (χ4n) is 2.70. The second-order valence-corrected chi connectivity index (χ2v) is 7.39. The Balaban J connectivity index is 0.00000243. The molecule has 1 aliphatic heterocycles. The summed E-state index contributed by atoms with van der Waals surface area (Å²) in [5.41, 5.74) is 2.79. The van der Waals surface area contributed by atoms with Crippen molar-refractivity contribution in [3.8, 4) is 5.75 Å². The van der Waals surface area contributed by atoms with Crippen molar-refractivity contribution in [3.63, 3.8) is 0 Å². The minimum Gasteiger partial charge on any atom is -0.490 e. The molecule has 2 aromatic rings. The van der Waals surface area contributed by atoms with E-state index in [4.69, 9.17) is 4.74 Å². The van der Waals surface area contributed by atoms with Crippen LogP contribution in [0.15, 0.2) is 41.3 Å². The summed E-state index contributed by atoms with van der Waals surface area (Å²) in [6, 6.07) is 9.33. The number of rotatable bonds is 6. The number of fused-ring (bicyclic) bond motifs is 1. The maximum absolute atomic E-state index is 12.4. The van der Waals surface area contributed by atoms with Gasteiger partial charge in [0.05, 0.1) is 16.9 Å². The van der Waals surface area contributed by atoms with Crippen LogP contribution in [-0.2, 0) is 29.7 Å². The lowest BCUT2D eigenvalue weighted by molar-refractivity contribution is -0.386. The maximum Gasteiger partial charge on any atom is 0.312 e. The van der Waals surface area contributed by atoms with E-state index in [1.165, 1.54) is 24.8 Å². The van der Waals surface area contributed by atoms with Gasteiger partial charge < -0.3 is 10.1 Å². The molecule has 0 atom stereocenters. The summed E-state index contributed by atoms with van der Waals surface area (Å²) in [6.07, 6.45) is 0. The van der Waals surface area contributed by atoms with Gasteiger partial charge in [-0.25, -0.2) is 13.1 Å². The number of nitro benzene ring substituents is 1. The molecule has 0 radical (unpaired) electrons. The van der Waals surface area contributed by atoms with Gasteiger partial charge >= 0.3 is 5.69 Å². The number of benzene rings is 2. The number of sulfonamides is 1. The first-order chi connectivity index (χ1) is 11.9. The zero-order valence-corrected chi connectivity index (χ0v) is 15.5. The van der Waals surface area contributed by atoms with Gasteiger partial charge in [0.15, 0.2) is 5.75 Å². The standard InChI is InChI=1S/C16H17N3O5S.ClH/c1-24-16-5-4-14(7-15(16)19(20)21)25(22,23)18-8-11-2-3-12-9-17-10-13(12)6-11;/h2-7,17-18H,8-10H2,1H3;1H. The lowest BCUT2D eigenvalue weighted by Gasteiger charge is -2.09. The van der Waals surface area contributed by atoms with Gasteiger partial charge in [-0.15, -0.1) is 12.4 Å². The van der Waals surface area contributed by atoms with E-state index < -0.39 is 20.6 Å². The Morgan fingerprint density at radius 3 is 2.62 bits per heavy atom. The highest BCUT2D eigenvalue weighted by Gasteiger charge is 2.22. The molecular weight excluding hydrogens is 382 g/mol. The molecule has 0 aliphatic carbocycles. The third-order valence-corrected chi connectivity index (χ3v) is 5.42. The van der Waals surface area contributed by atoms with Crippen molar-refractivity contribution in [3.05, 3.63) is 63.2 Å². The molecule has 140 valence electrons. The monoisotopic (exact) mass is 399 g/mol. The second-order valence-electron chi connectivity index (χ2n) is 5.62. The molecule has 0 saturated heterocycles. The van der Waals surface area contributed by atoms with E-state index in [1.807, 2.05) is 18.2 Å². The molecule has 2 N–H and O–H groups in total. The molecule has 10 heteroatoms. The Hall–Kier alpha value is -2.20. The third kappa shape index (κ3) is 4.13. The summed E-state index contributed by atoms with van der Waals surface area (Å²) in [4.78, 5) is 10.2. The van der Waals surface area contributed by atoms with Gasteiger partial charge in [0, 0.05) is 25.7 Å². The van der Waals surface area contributed by atoms with Crippen LogP contribution >= 0.6 is 12.4 Å². The van der Waals surface area contributed by atoms with E-state index in [0.29, 0.717) is 0 Å². The van der Waals surface area contributed by atoms with E-state index in [-0.39, 0.29) is 29.6 Å². The quantitative estimate of drug-likeness (QED) is 0.568. The zero-order valence-electron chi connectivity index (χ0n) is 13.9. The van der Waals surface area contributed by atoms with Crippen molar-refractivity contribution >= 4 is 28.1 Å². The molecule has 0 spiro atoms. The minimum atomic E-state index is -3.88. The molecule has 1 aliphatic rings. The Labute approximate surface area is 157 Å². The van der Waals surface area contributed by atoms with E-state index in [2.05, 4.69) is 10.0 Å². The number of hydrogen-bond donors (Lipinski definition) is 2. The van der Waals surface area contributed by atoms with Crippen molar-refractivity contribution in [2.45, 2.75) is 24.5 Å². The number of nitrogens with zero attached hydrogens (tertiary/aromatic N) is 1. The normalized spacial score (nSPS) is 13.0. The van der Waals surface area contributed by atoms with Crippen LogP contribution in [0.25, 0.3) is 0 Å². The van der Waals surface area contributed by atoms with Gasteiger partial charge in [-0.05, 0) is 28.8 Å². The summed E-state index contributed by atoms with van der Waals surface area (Å²) >= 11 is 0. The molecule has 0 fully saturated rings. The Morgan fingerprint density at radius 2 is 1.92 bits per heavy atom. The topological polar surface area (TPSA) is 111 Å². The van der Waals surface area contributed by atoms with Crippen LogP contribution in [-0.4, -0.2) is 20.5 Å². The molecule has 2 aromatic carbocycles. The van der Waals surface area contributed by atoms with Gasteiger partial charge in [-0.2, -0.15) is 0 Å². The van der Waals surface area contributed by atoms with Crippen molar-refractivity contribution in [2.75, 3.05) is 7.11 Å². The highest BCUT2D eigenvalue weighted by atomic mass is 35.5. The number of nitrogens with one attached hydrogen (secondary N) is 2. The van der Waals surface area contributed by atoms with Gasteiger partial charge in [0.25, 0.3) is 0 Å². The largest absolute Gasteiger partial charge is 0.490 e. The predicted octanol–water partition coefficient (Wildman–Crippen LogP) is 2.11. The van der Waals surface area contributed by atoms with Gasteiger partial charge in [-0.1, -0.05) is 18.2 Å². The molecule has 0 bridgehead atoms. The van der Waals surface area contributed by atoms with E-state index >= 15 is 0 Å². The summed E-state index contributed by atoms with van der Waals surface area (Å²) < 4.78 is 32.2. The van der Waals surface area contributed by atoms with Crippen LogP contribution in [0.2, 0.25) is 0 Å². The lowest BCUT2D eigenvalue weighted by atomic mass is 10.1. The number of nitro groups is 1. The highest BCUT2D eigenvalue weighted by Crippen LogP contribution is 2.29. The smallest absolute Gasteiger partial charge is 0.312 e. The highest BCUT2D eigenvalue weighted by molar-refractivity contribution is 7.89. The van der Waals surface area contributed by atoms with E-state index in [0.717, 1.165) is 30.3 Å². The Morgan fingerprint density at radius 1 is 1.19 bits per heavy atom. The molecule has 26 heavy (non-hydrogen) atoms. The maximum atomic E-state index is 12.4. The summed E-state index contributed by atoms with van der Waals surface area (Å²) in [5, 5.41) is 14.3. The van der Waals surface area contributed by atoms with E-state index in [1.54, 1.807) is 0 Å². The molecular formula is C16H18ClN3O5S. The van der Waals surface area contributed by atoms with Crippen LogP contribution in [0.5, 0.6) is 5.75 Å². The van der Waals surface area contributed by atoms with Crippen molar-refractivity contribution in [2.24, 2.45) is 0 Å². The number of ether oxygens (including phenoxy) is 1. The zero-order chi connectivity index (χ0) is 18.0. The van der Waals surface area contributed by atoms with Crippen LogP contribution in [0.1, 0.15) is 16.7 Å². The van der Waals surface area contributed by atoms with Crippen molar-refractivity contribution in [1.82, 2.24) is 10.0 Å². The van der Waals surface area contributed by atoms with Gasteiger partial charge in [0.2, 0.25) is 10.0 Å². The predicted molar refractivity (Wildman–Crippen MR) is 97.9 cm³/mol. The fourth-order valence-corrected chi connectivity index (χ4v) is 3.74. The van der Waals surface area contributed by atoms with Crippen LogP contribution in [0, 0.1) is 10.1 Å². The van der Waals surface area contributed by atoms with Crippen LogP contribution < -0.4 is 14.8 Å².